The maximum absolute atomic E-state index is 12.2. The lowest BCUT2D eigenvalue weighted by atomic mass is 10.1. The molecule has 7 heteroatoms. The molecule has 5 rings (SSSR count). The first-order valence-corrected chi connectivity index (χ1v) is 14.0. The first kappa shape index (κ1) is 27.2. The predicted molar refractivity (Wildman–Crippen MR) is 158 cm³/mol. The lowest BCUT2D eigenvalue weighted by Crippen LogP contribution is -2.16. The summed E-state index contributed by atoms with van der Waals surface area (Å²) >= 11 is 12.5. The van der Waals surface area contributed by atoms with Crippen LogP contribution in [-0.4, -0.2) is 22.2 Å². The largest absolute Gasteiger partial charge is 0.494 e. The number of aromatic carboxylic acids is 1. The highest BCUT2D eigenvalue weighted by atomic mass is 35.5. The quantitative estimate of drug-likeness (QED) is 0.185. The first-order chi connectivity index (χ1) is 18.8. The van der Waals surface area contributed by atoms with Crippen LogP contribution in [0.1, 0.15) is 57.9 Å². The molecule has 0 unspecified atom stereocenters. The number of aromatic nitrogens is 1. The van der Waals surface area contributed by atoms with E-state index in [-0.39, 0.29) is 5.69 Å². The first-order valence-electron chi connectivity index (χ1n) is 13.2. The van der Waals surface area contributed by atoms with Crippen LogP contribution in [0.25, 0.3) is 0 Å². The van der Waals surface area contributed by atoms with Crippen molar-refractivity contribution in [1.29, 1.82) is 0 Å². The number of carbonyl (C=O) groups is 1. The molecule has 1 aromatic heterocycles. The maximum Gasteiger partial charge on any atom is 0.352 e. The van der Waals surface area contributed by atoms with E-state index in [0.717, 1.165) is 38.8 Å². The molecule has 0 radical (unpaired) electrons. The van der Waals surface area contributed by atoms with Crippen molar-refractivity contribution in [3.05, 3.63) is 111 Å². The fourth-order valence-electron chi connectivity index (χ4n) is 4.91. The molecule has 0 spiro atoms. The highest BCUT2D eigenvalue weighted by Gasteiger charge is 2.24. The highest BCUT2D eigenvalue weighted by molar-refractivity contribution is 6.32. The van der Waals surface area contributed by atoms with Crippen LogP contribution in [0.5, 0.6) is 5.75 Å². The third-order valence-corrected chi connectivity index (χ3v) is 7.95. The Morgan fingerprint density at radius 3 is 2.36 bits per heavy atom. The fraction of sp³-hybridized carbons (Fsp3) is 0.281. The van der Waals surface area contributed by atoms with E-state index in [1.54, 1.807) is 10.6 Å². The van der Waals surface area contributed by atoms with Gasteiger partial charge in [0.15, 0.2) is 0 Å². The molecule has 1 aliphatic rings. The number of hydrogen-bond donors (Lipinski definition) is 1. The highest BCUT2D eigenvalue weighted by Crippen LogP contribution is 2.41. The Morgan fingerprint density at radius 1 is 1.00 bits per heavy atom. The van der Waals surface area contributed by atoms with Crippen LogP contribution < -0.4 is 9.64 Å². The van der Waals surface area contributed by atoms with Gasteiger partial charge in [0.1, 0.15) is 11.4 Å². The third kappa shape index (κ3) is 6.60. The smallest absolute Gasteiger partial charge is 0.352 e. The Hall–Kier alpha value is -3.41. The minimum absolute atomic E-state index is 0.244. The number of ether oxygens (including phenoxy) is 1. The van der Waals surface area contributed by atoms with Crippen molar-refractivity contribution in [3.8, 4) is 5.75 Å². The van der Waals surface area contributed by atoms with Crippen LogP contribution in [0.4, 0.5) is 11.4 Å². The number of benzene rings is 3. The SMILES string of the molecule is Cc1cc(OCCCn2cc(N(Cc3cccc(Cl)c3)c3ccc(C4CC4)cc3)cc2C(=O)O)cc(C)c1Cl. The fourth-order valence-corrected chi connectivity index (χ4v) is 5.24. The lowest BCUT2D eigenvalue weighted by Gasteiger charge is -2.24. The van der Waals surface area contributed by atoms with Gasteiger partial charge in [0.05, 0.1) is 12.3 Å². The lowest BCUT2D eigenvalue weighted by molar-refractivity contribution is 0.0684. The van der Waals surface area contributed by atoms with Crippen molar-refractivity contribution < 1.29 is 14.6 Å². The zero-order valence-electron chi connectivity index (χ0n) is 22.2. The van der Waals surface area contributed by atoms with Gasteiger partial charge in [-0.3, -0.25) is 0 Å². The van der Waals surface area contributed by atoms with Crippen molar-refractivity contribution in [2.45, 2.75) is 52.1 Å². The van der Waals surface area contributed by atoms with Crippen LogP contribution in [0, 0.1) is 13.8 Å². The second-order valence-electron chi connectivity index (χ2n) is 10.2. The Labute approximate surface area is 239 Å². The minimum atomic E-state index is -0.960. The molecule has 1 saturated carbocycles. The molecule has 1 aliphatic carbocycles. The van der Waals surface area contributed by atoms with Crippen LogP contribution in [-0.2, 0) is 13.1 Å². The zero-order chi connectivity index (χ0) is 27.5. The normalized spacial score (nSPS) is 12.9. The molecule has 1 N–H and O–H groups in total. The molecule has 0 amide bonds. The van der Waals surface area contributed by atoms with Gasteiger partial charge >= 0.3 is 5.97 Å². The number of hydrogen-bond acceptors (Lipinski definition) is 3. The molecule has 39 heavy (non-hydrogen) atoms. The molecule has 0 aliphatic heterocycles. The average molecular weight is 564 g/mol. The molecular formula is C32H32Cl2N2O3. The summed E-state index contributed by atoms with van der Waals surface area (Å²) in [6, 6.07) is 22.0. The summed E-state index contributed by atoms with van der Waals surface area (Å²) in [6.07, 6.45) is 5.06. The summed E-state index contributed by atoms with van der Waals surface area (Å²) in [5.41, 5.74) is 6.41. The van der Waals surface area contributed by atoms with Gasteiger partial charge in [0.2, 0.25) is 0 Å². The van der Waals surface area contributed by atoms with Crippen molar-refractivity contribution in [2.24, 2.45) is 0 Å². The third-order valence-electron chi connectivity index (χ3n) is 7.12. The van der Waals surface area contributed by atoms with Crippen LogP contribution >= 0.6 is 23.2 Å². The van der Waals surface area contributed by atoms with Gasteiger partial charge in [-0.05, 0) is 104 Å². The van der Waals surface area contributed by atoms with Crippen molar-refractivity contribution in [2.75, 3.05) is 11.5 Å². The summed E-state index contributed by atoms with van der Waals surface area (Å²) in [5, 5.41) is 11.4. The molecular weight excluding hydrogens is 531 g/mol. The summed E-state index contributed by atoms with van der Waals surface area (Å²) < 4.78 is 7.75. The van der Waals surface area contributed by atoms with Gasteiger partial charge in [-0.1, -0.05) is 47.5 Å². The van der Waals surface area contributed by atoms with E-state index in [0.29, 0.717) is 37.1 Å². The monoisotopic (exact) mass is 562 g/mol. The second-order valence-corrected chi connectivity index (χ2v) is 11.1. The zero-order valence-corrected chi connectivity index (χ0v) is 23.7. The van der Waals surface area contributed by atoms with Crippen molar-refractivity contribution in [1.82, 2.24) is 4.57 Å². The van der Waals surface area contributed by atoms with E-state index in [4.69, 9.17) is 27.9 Å². The van der Waals surface area contributed by atoms with Crippen LogP contribution in [0.15, 0.2) is 72.9 Å². The van der Waals surface area contributed by atoms with Gasteiger partial charge in [0.25, 0.3) is 0 Å². The van der Waals surface area contributed by atoms with Gasteiger partial charge < -0.3 is 19.3 Å². The molecule has 3 aromatic carbocycles. The van der Waals surface area contributed by atoms with E-state index in [9.17, 15) is 9.90 Å². The second kappa shape index (κ2) is 11.8. The van der Waals surface area contributed by atoms with Gasteiger partial charge in [-0.25, -0.2) is 4.79 Å². The Kier molecular flexibility index (Phi) is 8.20. The summed E-state index contributed by atoms with van der Waals surface area (Å²) in [7, 11) is 0. The van der Waals surface area contributed by atoms with Crippen molar-refractivity contribution >= 4 is 40.5 Å². The summed E-state index contributed by atoms with van der Waals surface area (Å²) in [4.78, 5) is 14.3. The van der Waals surface area contributed by atoms with Crippen LogP contribution in [0.2, 0.25) is 10.0 Å². The molecule has 1 fully saturated rings. The Bertz CT molecular complexity index is 1450. The van der Waals surface area contributed by atoms with E-state index >= 15 is 0 Å². The Morgan fingerprint density at radius 2 is 1.72 bits per heavy atom. The summed E-state index contributed by atoms with van der Waals surface area (Å²) in [5.74, 6) is 0.476. The minimum Gasteiger partial charge on any atom is -0.494 e. The number of carboxylic acid groups (broad SMARTS) is 1. The molecule has 4 aromatic rings. The van der Waals surface area contributed by atoms with Gasteiger partial charge in [-0.15, -0.1) is 0 Å². The standard InChI is InChI=1S/C32H32Cl2N2O3/c1-21-15-29(16-22(2)31(21)34)39-14-4-13-35-20-28(18-30(35)32(37)38)36(19-23-5-3-6-26(33)17-23)27-11-9-25(10-12-27)24-7-8-24/h3,5-6,9-12,15-18,20,24H,4,7-8,13-14,19H2,1-2H3,(H,37,38). The van der Waals surface area contributed by atoms with Crippen molar-refractivity contribution in [3.63, 3.8) is 0 Å². The Balaban J connectivity index is 1.36. The topological polar surface area (TPSA) is 54.7 Å². The van der Waals surface area contributed by atoms with E-state index in [1.807, 2.05) is 56.4 Å². The summed E-state index contributed by atoms with van der Waals surface area (Å²) in [6.45, 7) is 5.44. The number of aryl methyl sites for hydroxylation is 3. The van der Waals surface area contributed by atoms with E-state index < -0.39 is 5.97 Å². The van der Waals surface area contributed by atoms with E-state index in [1.165, 1.54) is 18.4 Å². The van der Waals surface area contributed by atoms with Gasteiger partial charge in [0, 0.05) is 35.0 Å². The number of anilines is 2. The molecule has 0 bridgehead atoms. The van der Waals surface area contributed by atoms with Gasteiger partial charge in [-0.2, -0.15) is 0 Å². The molecule has 5 nitrogen and oxygen atoms in total. The number of rotatable bonds is 11. The van der Waals surface area contributed by atoms with E-state index in [2.05, 4.69) is 29.2 Å². The number of nitrogens with zero attached hydrogens (tertiary/aromatic N) is 2. The number of carboxylic acids is 1. The molecule has 0 atom stereocenters. The number of halogens is 2. The molecule has 0 saturated heterocycles. The average Bonchev–Trinajstić information content (AvgIpc) is 3.67. The predicted octanol–water partition coefficient (Wildman–Crippen LogP) is 8.79. The molecule has 202 valence electrons. The molecule has 1 heterocycles. The maximum atomic E-state index is 12.2. The van der Waals surface area contributed by atoms with Crippen LogP contribution in [0.3, 0.4) is 0 Å².